The number of amides is 1. The van der Waals surface area contributed by atoms with Gasteiger partial charge in [-0.15, -0.1) is 0 Å². The second-order valence-corrected chi connectivity index (χ2v) is 8.46. The summed E-state index contributed by atoms with van der Waals surface area (Å²) >= 11 is 0. The van der Waals surface area contributed by atoms with Crippen molar-refractivity contribution in [3.63, 3.8) is 0 Å². The molecule has 1 aromatic rings. The maximum atomic E-state index is 13.6. The lowest BCUT2D eigenvalue weighted by Crippen LogP contribution is -2.49. The summed E-state index contributed by atoms with van der Waals surface area (Å²) < 4.78 is 13.6. The van der Waals surface area contributed by atoms with E-state index in [9.17, 15) is 14.3 Å². The monoisotopic (exact) mass is 390 g/mol. The molecule has 3 atom stereocenters. The van der Waals surface area contributed by atoms with Crippen molar-refractivity contribution in [2.75, 3.05) is 39.3 Å². The van der Waals surface area contributed by atoms with Crippen LogP contribution in [0, 0.1) is 11.7 Å². The zero-order valence-corrected chi connectivity index (χ0v) is 16.3. The van der Waals surface area contributed by atoms with Gasteiger partial charge in [0.05, 0.1) is 12.6 Å². The van der Waals surface area contributed by atoms with Crippen LogP contribution in [-0.4, -0.2) is 72.2 Å². The predicted molar refractivity (Wildman–Crippen MR) is 105 cm³/mol. The lowest BCUT2D eigenvalue weighted by molar-refractivity contribution is -0.134. The number of halogens is 1. The Bertz CT molecular complexity index is 680. The van der Waals surface area contributed by atoms with Crippen molar-refractivity contribution >= 4 is 5.91 Å². The van der Waals surface area contributed by atoms with Crippen LogP contribution in [-0.2, 0) is 4.79 Å². The van der Waals surface area contributed by atoms with Crippen LogP contribution in [0.25, 0.3) is 0 Å². The summed E-state index contributed by atoms with van der Waals surface area (Å²) in [7, 11) is 0. The molecule has 0 aromatic heterocycles. The number of hydrogen-bond donors (Lipinski definition) is 3. The van der Waals surface area contributed by atoms with Crippen LogP contribution in [0.3, 0.4) is 0 Å². The molecule has 3 saturated heterocycles. The number of aliphatic hydroxyl groups is 1. The maximum absolute atomic E-state index is 13.6. The second kappa shape index (κ2) is 8.86. The van der Waals surface area contributed by atoms with Gasteiger partial charge in [-0.2, -0.15) is 0 Å². The van der Waals surface area contributed by atoms with Gasteiger partial charge in [-0.05, 0) is 55.8 Å². The highest BCUT2D eigenvalue weighted by Gasteiger charge is 2.37. The first-order valence-corrected chi connectivity index (χ1v) is 10.5. The quantitative estimate of drug-likeness (QED) is 0.718. The van der Waals surface area contributed by atoms with Gasteiger partial charge in [-0.3, -0.25) is 20.5 Å². The maximum Gasteiger partial charge on any atom is 0.236 e. The number of hydrogen-bond acceptors (Lipinski definition) is 5. The Morgan fingerprint density at radius 1 is 1.21 bits per heavy atom. The summed E-state index contributed by atoms with van der Waals surface area (Å²) in [5, 5.41) is 9.79. The molecule has 1 aromatic carbocycles. The molecule has 28 heavy (non-hydrogen) atoms. The van der Waals surface area contributed by atoms with Crippen molar-refractivity contribution in [2.45, 2.75) is 43.7 Å². The van der Waals surface area contributed by atoms with E-state index in [0.29, 0.717) is 19.0 Å². The number of likely N-dealkylation sites (tertiary alicyclic amines) is 2. The Morgan fingerprint density at radius 3 is 2.79 bits per heavy atom. The number of carbonyl (C=O) groups excluding carboxylic acids is 1. The van der Waals surface area contributed by atoms with Gasteiger partial charge in [0.1, 0.15) is 5.82 Å². The van der Waals surface area contributed by atoms with Crippen molar-refractivity contribution in [1.29, 1.82) is 0 Å². The zero-order valence-electron chi connectivity index (χ0n) is 16.3. The smallest absolute Gasteiger partial charge is 0.236 e. The van der Waals surface area contributed by atoms with Crippen molar-refractivity contribution in [1.82, 2.24) is 20.7 Å². The minimum absolute atomic E-state index is 0.173. The van der Waals surface area contributed by atoms with E-state index in [1.807, 2.05) is 11.0 Å². The molecule has 3 aliphatic rings. The molecule has 0 bridgehead atoms. The molecule has 1 amide bonds. The molecule has 3 heterocycles. The largest absolute Gasteiger partial charge is 0.392 e. The summed E-state index contributed by atoms with van der Waals surface area (Å²) in [5.74, 6) is 0.694. The van der Waals surface area contributed by atoms with Crippen molar-refractivity contribution in [3.8, 4) is 0 Å². The molecule has 3 unspecified atom stereocenters. The van der Waals surface area contributed by atoms with E-state index in [2.05, 4.69) is 15.8 Å². The summed E-state index contributed by atoms with van der Waals surface area (Å²) in [5.41, 5.74) is 7.68. The summed E-state index contributed by atoms with van der Waals surface area (Å²) in [6, 6.07) is 7.16. The standard InChI is InChI=1S/C21H31FN4O2/c22-17-4-1-3-16(11-17)19-12-23-24-21(19)15-6-9-26(10-7-15)20(28)14-25-8-2-5-18(27)13-25/h1,3-4,11,15,18-19,21,23-24,27H,2,5-10,12-14H2. The molecule has 3 fully saturated rings. The number of piperidine rings is 2. The van der Waals surface area contributed by atoms with Crippen LogP contribution in [0.4, 0.5) is 4.39 Å². The fourth-order valence-electron chi connectivity index (χ4n) is 5.00. The molecule has 0 saturated carbocycles. The van der Waals surface area contributed by atoms with E-state index in [1.165, 1.54) is 6.07 Å². The topological polar surface area (TPSA) is 67.8 Å². The number of rotatable bonds is 4. The Morgan fingerprint density at radius 2 is 2.04 bits per heavy atom. The van der Waals surface area contributed by atoms with Crippen LogP contribution in [0.1, 0.15) is 37.2 Å². The molecule has 3 N–H and O–H groups in total. The number of carbonyl (C=O) groups is 1. The number of β-amino-alcohol motifs (C(OH)–C–C–N with tert-alkyl or cyclic N) is 1. The van der Waals surface area contributed by atoms with Crippen LogP contribution in [0.2, 0.25) is 0 Å². The Labute approximate surface area is 166 Å². The van der Waals surface area contributed by atoms with Gasteiger partial charge in [0.15, 0.2) is 0 Å². The molecular formula is C21H31FN4O2. The third kappa shape index (κ3) is 4.54. The van der Waals surface area contributed by atoms with E-state index in [-0.39, 0.29) is 29.8 Å². The van der Waals surface area contributed by atoms with Gasteiger partial charge in [0.2, 0.25) is 5.91 Å². The first-order valence-electron chi connectivity index (χ1n) is 10.5. The molecular weight excluding hydrogens is 359 g/mol. The van der Waals surface area contributed by atoms with Crippen LogP contribution >= 0.6 is 0 Å². The zero-order chi connectivity index (χ0) is 19.5. The van der Waals surface area contributed by atoms with E-state index in [1.54, 1.807) is 12.1 Å². The third-order valence-electron chi connectivity index (χ3n) is 6.54. The van der Waals surface area contributed by atoms with Gasteiger partial charge in [0, 0.05) is 38.1 Å². The number of aliphatic hydroxyl groups excluding tert-OH is 1. The lowest BCUT2D eigenvalue weighted by Gasteiger charge is -2.38. The summed E-state index contributed by atoms with van der Waals surface area (Å²) in [6.45, 7) is 4.25. The van der Waals surface area contributed by atoms with Gasteiger partial charge in [0.25, 0.3) is 0 Å². The first-order chi connectivity index (χ1) is 13.6. The highest BCUT2D eigenvalue weighted by Crippen LogP contribution is 2.32. The van der Waals surface area contributed by atoms with Gasteiger partial charge < -0.3 is 10.0 Å². The summed E-state index contributed by atoms with van der Waals surface area (Å²) in [4.78, 5) is 16.7. The average molecular weight is 391 g/mol. The van der Waals surface area contributed by atoms with Crippen molar-refractivity contribution in [3.05, 3.63) is 35.6 Å². The van der Waals surface area contributed by atoms with E-state index in [0.717, 1.165) is 57.4 Å². The van der Waals surface area contributed by atoms with E-state index < -0.39 is 0 Å². The highest BCUT2D eigenvalue weighted by atomic mass is 19.1. The number of benzene rings is 1. The molecule has 0 radical (unpaired) electrons. The molecule has 0 spiro atoms. The normalized spacial score (nSPS) is 29.9. The highest BCUT2D eigenvalue weighted by molar-refractivity contribution is 5.78. The molecule has 7 heteroatoms. The van der Waals surface area contributed by atoms with E-state index in [4.69, 9.17) is 0 Å². The molecule has 4 rings (SSSR count). The number of nitrogens with zero attached hydrogens (tertiary/aromatic N) is 2. The summed E-state index contributed by atoms with van der Waals surface area (Å²) in [6.07, 6.45) is 3.41. The van der Waals surface area contributed by atoms with Gasteiger partial charge >= 0.3 is 0 Å². The molecule has 154 valence electrons. The lowest BCUT2D eigenvalue weighted by atomic mass is 9.80. The van der Waals surface area contributed by atoms with E-state index >= 15 is 0 Å². The Hall–Kier alpha value is -1.54. The minimum atomic E-state index is -0.298. The van der Waals surface area contributed by atoms with Crippen molar-refractivity contribution in [2.24, 2.45) is 5.92 Å². The van der Waals surface area contributed by atoms with Crippen molar-refractivity contribution < 1.29 is 14.3 Å². The van der Waals surface area contributed by atoms with Gasteiger partial charge in [-0.25, -0.2) is 4.39 Å². The van der Waals surface area contributed by atoms with Crippen LogP contribution in [0.15, 0.2) is 24.3 Å². The second-order valence-electron chi connectivity index (χ2n) is 8.46. The third-order valence-corrected chi connectivity index (χ3v) is 6.54. The van der Waals surface area contributed by atoms with Gasteiger partial charge in [-0.1, -0.05) is 12.1 Å². The van der Waals surface area contributed by atoms with Crippen LogP contribution < -0.4 is 10.9 Å². The molecule has 3 aliphatic heterocycles. The Balaban J connectivity index is 1.30. The fourth-order valence-corrected chi connectivity index (χ4v) is 5.00. The Kier molecular flexibility index (Phi) is 6.25. The average Bonchev–Trinajstić information content (AvgIpc) is 3.18. The molecule has 0 aliphatic carbocycles. The number of nitrogens with one attached hydrogen (secondary N) is 2. The fraction of sp³-hybridized carbons (Fsp3) is 0.667. The predicted octanol–water partition coefficient (Wildman–Crippen LogP) is 1.08. The van der Waals surface area contributed by atoms with Crippen LogP contribution in [0.5, 0.6) is 0 Å². The SMILES string of the molecule is O=C(CN1CCCC(O)C1)N1CCC(C2NNCC2c2cccc(F)c2)CC1. The first kappa shape index (κ1) is 19.8. The minimum Gasteiger partial charge on any atom is -0.392 e. The number of hydrazine groups is 1. The molecule has 6 nitrogen and oxygen atoms in total.